The average Bonchev–Trinajstić information content (AvgIpc) is 2.41. The summed E-state index contributed by atoms with van der Waals surface area (Å²) in [5.74, 6) is 0.512. The van der Waals surface area contributed by atoms with Crippen molar-refractivity contribution in [3.8, 4) is 5.88 Å². The van der Waals surface area contributed by atoms with E-state index in [2.05, 4.69) is 25.8 Å². The molecule has 1 atom stereocenters. The van der Waals surface area contributed by atoms with Crippen LogP contribution in [0.4, 0.5) is 5.69 Å². The predicted octanol–water partition coefficient (Wildman–Crippen LogP) is 1.92. The lowest BCUT2D eigenvalue weighted by molar-refractivity contribution is 0.0325. The van der Waals surface area contributed by atoms with Crippen molar-refractivity contribution in [2.75, 3.05) is 38.6 Å². The molecule has 0 amide bonds. The normalized spacial score (nSPS) is 18.2. The summed E-state index contributed by atoms with van der Waals surface area (Å²) in [7, 11) is 0. The molecule has 0 bridgehead atoms. The van der Waals surface area contributed by atoms with Gasteiger partial charge in [-0.25, -0.2) is 4.98 Å². The molecule has 0 aromatic carbocycles. The number of morpholine rings is 1. The smallest absolute Gasteiger partial charge is 0.237 e. The number of aromatic nitrogens is 1. The molecule has 19 heavy (non-hydrogen) atoms. The van der Waals surface area contributed by atoms with Crippen LogP contribution in [-0.4, -0.2) is 48.8 Å². The van der Waals surface area contributed by atoms with Gasteiger partial charge in [0.1, 0.15) is 0 Å². The second-order valence-electron chi connectivity index (χ2n) is 4.72. The number of hydrogen-bond donors (Lipinski definition) is 1. The Morgan fingerprint density at radius 1 is 1.53 bits per heavy atom. The fraction of sp³-hybridized carbons (Fsp3) is 0.615. The first kappa shape index (κ1) is 14.6. The first-order valence-electron chi connectivity index (χ1n) is 6.53. The highest BCUT2D eigenvalue weighted by molar-refractivity contribution is 9.10. The molecule has 106 valence electrons. The summed E-state index contributed by atoms with van der Waals surface area (Å²) in [6.07, 6.45) is 2.75. The van der Waals surface area contributed by atoms with Crippen LogP contribution in [0.5, 0.6) is 5.88 Å². The van der Waals surface area contributed by atoms with E-state index in [-0.39, 0.29) is 6.10 Å². The van der Waals surface area contributed by atoms with Gasteiger partial charge in [-0.3, -0.25) is 4.90 Å². The number of pyridine rings is 1. The van der Waals surface area contributed by atoms with Crippen molar-refractivity contribution >= 4 is 21.6 Å². The van der Waals surface area contributed by atoms with Crippen LogP contribution in [0.15, 0.2) is 16.7 Å². The quantitative estimate of drug-likeness (QED) is 0.894. The van der Waals surface area contributed by atoms with Crippen LogP contribution >= 0.6 is 15.9 Å². The molecule has 6 heteroatoms. The second kappa shape index (κ2) is 7.07. The summed E-state index contributed by atoms with van der Waals surface area (Å²) >= 11 is 3.33. The number of hydrogen-bond acceptors (Lipinski definition) is 5. The Bertz CT molecular complexity index is 411. The van der Waals surface area contributed by atoms with Gasteiger partial charge in [0.25, 0.3) is 0 Å². The maximum atomic E-state index is 5.86. The molecule has 0 radical (unpaired) electrons. The Morgan fingerprint density at radius 2 is 2.26 bits per heavy atom. The van der Waals surface area contributed by atoms with E-state index in [1.807, 2.05) is 6.92 Å². The van der Waals surface area contributed by atoms with Crippen molar-refractivity contribution in [1.29, 1.82) is 0 Å². The fourth-order valence-corrected chi connectivity index (χ4v) is 2.33. The Hall–Kier alpha value is -0.850. The summed E-state index contributed by atoms with van der Waals surface area (Å²) in [6, 6.07) is 1.80. The minimum absolute atomic E-state index is 0.0961. The highest BCUT2D eigenvalue weighted by Gasteiger charge is 2.13. The monoisotopic (exact) mass is 329 g/mol. The number of halogens is 1. The summed E-state index contributed by atoms with van der Waals surface area (Å²) < 4.78 is 12.0. The minimum Gasteiger partial charge on any atom is -0.473 e. The van der Waals surface area contributed by atoms with Crippen LogP contribution in [0, 0.1) is 0 Å². The molecule has 0 spiro atoms. The molecule has 2 rings (SSSR count). The third kappa shape index (κ3) is 4.63. The average molecular weight is 330 g/mol. The van der Waals surface area contributed by atoms with Gasteiger partial charge in [0.05, 0.1) is 25.0 Å². The van der Waals surface area contributed by atoms with Crippen LogP contribution in [0.25, 0.3) is 0 Å². The number of nitrogens with zero attached hydrogens (tertiary/aromatic N) is 2. The number of nitrogen functional groups attached to an aromatic ring is 1. The lowest BCUT2D eigenvalue weighted by Crippen LogP contribution is -2.38. The second-order valence-corrected chi connectivity index (χ2v) is 5.63. The van der Waals surface area contributed by atoms with Gasteiger partial charge in [0, 0.05) is 30.3 Å². The number of nitrogens with two attached hydrogens (primary N) is 1. The van der Waals surface area contributed by atoms with Crippen LogP contribution in [-0.2, 0) is 4.74 Å². The first-order valence-corrected chi connectivity index (χ1v) is 7.32. The molecule has 1 aliphatic heterocycles. The van der Waals surface area contributed by atoms with E-state index in [9.17, 15) is 0 Å². The minimum atomic E-state index is 0.0961. The molecular formula is C13H20BrN3O2. The van der Waals surface area contributed by atoms with E-state index >= 15 is 0 Å². The van der Waals surface area contributed by atoms with Crippen LogP contribution in [0.3, 0.4) is 0 Å². The number of anilines is 1. The van der Waals surface area contributed by atoms with Crippen molar-refractivity contribution in [2.45, 2.75) is 19.4 Å². The Morgan fingerprint density at radius 3 is 2.95 bits per heavy atom. The topological polar surface area (TPSA) is 60.6 Å². The van der Waals surface area contributed by atoms with Crippen molar-refractivity contribution < 1.29 is 9.47 Å². The molecule has 1 saturated heterocycles. The molecule has 5 nitrogen and oxygen atoms in total. The standard InChI is InChI=1S/C13H20BrN3O2/c1-10(2-3-17-4-6-18-7-5-17)19-13-12(15)8-11(14)9-16-13/h8-10H,2-7,15H2,1H3/t10-/m1/s1. The molecule has 0 saturated carbocycles. The Balaban J connectivity index is 1.78. The molecule has 2 heterocycles. The van der Waals surface area contributed by atoms with Crippen LogP contribution in [0.1, 0.15) is 13.3 Å². The van der Waals surface area contributed by atoms with Crippen molar-refractivity contribution in [3.05, 3.63) is 16.7 Å². The summed E-state index contributed by atoms with van der Waals surface area (Å²) in [5.41, 5.74) is 6.43. The Kier molecular flexibility index (Phi) is 5.42. The van der Waals surface area contributed by atoms with E-state index in [4.69, 9.17) is 15.2 Å². The molecule has 1 aromatic heterocycles. The molecule has 1 aliphatic rings. The van der Waals surface area contributed by atoms with E-state index in [1.54, 1.807) is 12.3 Å². The molecule has 0 aliphatic carbocycles. The van der Waals surface area contributed by atoms with Gasteiger partial charge in [-0.1, -0.05) is 0 Å². The molecule has 2 N–H and O–H groups in total. The van der Waals surface area contributed by atoms with Crippen LogP contribution < -0.4 is 10.5 Å². The van der Waals surface area contributed by atoms with Gasteiger partial charge < -0.3 is 15.2 Å². The highest BCUT2D eigenvalue weighted by Crippen LogP contribution is 2.23. The zero-order valence-electron chi connectivity index (χ0n) is 11.1. The van der Waals surface area contributed by atoms with E-state index in [0.29, 0.717) is 11.6 Å². The van der Waals surface area contributed by atoms with Crippen molar-refractivity contribution in [2.24, 2.45) is 0 Å². The van der Waals surface area contributed by atoms with Crippen LogP contribution in [0.2, 0.25) is 0 Å². The highest BCUT2D eigenvalue weighted by atomic mass is 79.9. The maximum Gasteiger partial charge on any atom is 0.237 e. The van der Waals surface area contributed by atoms with Crippen molar-refractivity contribution in [3.63, 3.8) is 0 Å². The molecule has 0 unspecified atom stereocenters. The fourth-order valence-electron chi connectivity index (χ4n) is 1.98. The van der Waals surface area contributed by atoms with Gasteiger partial charge >= 0.3 is 0 Å². The largest absolute Gasteiger partial charge is 0.473 e. The first-order chi connectivity index (χ1) is 9.15. The van der Waals surface area contributed by atoms with E-state index in [0.717, 1.165) is 43.7 Å². The molecule has 1 aromatic rings. The predicted molar refractivity (Wildman–Crippen MR) is 78.3 cm³/mol. The zero-order chi connectivity index (χ0) is 13.7. The van der Waals surface area contributed by atoms with Gasteiger partial charge in [-0.05, 0) is 35.3 Å². The van der Waals surface area contributed by atoms with Gasteiger partial charge in [-0.15, -0.1) is 0 Å². The summed E-state index contributed by atoms with van der Waals surface area (Å²) in [4.78, 5) is 6.58. The Labute approximate surface area is 122 Å². The van der Waals surface area contributed by atoms with Gasteiger partial charge in [0.2, 0.25) is 5.88 Å². The lowest BCUT2D eigenvalue weighted by atomic mass is 10.2. The third-order valence-electron chi connectivity index (χ3n) is 3.11. The van der Waals surface area contributed by atoms with Gasteiger partial charge in [-0.2, -0.15) is 0 Å². The zero-order valence-corrected chi connectivity index (χ0v) is 12.7. The SMILES string of the molecule is C[C@H](CCN1CCOCC1)Oc1ncc(Br)cc1N. The van der Waals surface area contributed by atoms with E-state index < -0.39 is 0 Å². The third-order valence-corrected chi connectivity index (χ3v) is 3.55. The lowest BCUT2D eigenvalue weighted by Gasteiger charge is -2.27. The number of rotatable bonds is 5. The maximum absolute atomic E-state index is 5.86. The number of ether oxygens (including phenoxy) is 2. The molecule has 1 fully saturated rings. The van der Waals surface area contributed by atoms with Gasteiger partial charge in [0.15, 0.2) is 0 Å². The molecular weight excluding hydrogens is 310 g/mol. The van der Waals surface area contributed by atoms with Crippen molar-refractivity contribution in [1.82, 2.24) is 9.88 Å². The summed E-state index contributed by atoms with van der Waals surface area (Å²) in [5, 5.41) is 0. The summed E-state index contributed by atoms with van der Waals surface area (Å²) in [6.45, 7) is 6.73. The van der Waals surface area contributed by atoms with E-state index in [1.165, 1.54) is 0 Å².